The number of ether oxygens (including phenoxy) is 1. The van der Waals surface area contributed by atoms with E-state index in [1.165, 1.54) is 0 Å². The lowest BCUT2D eigenvalue weighted by Crippen LogP contribution is -2.38. The van der Waals surface area contributed by atoms with Gasteiger partial charge in [-0.25, -0.2) is 0 Å². The van der Waals surface area contributed by atoms with Gasteiger partial charge in [0.1, 0.15) is 0 Å². The van der Waals surface area contributed by atoms with Crippen LogP contribution in [-0.4, -0.2) is 18.2 Å². The summed E-state index contributed by atoms with van der Waals surface area (Å²) in [5, 5.41) is 0. The van der Waals surface area contributed by atoms with E-state index in [1.54, 1.807) is 0 Å². The van der Waals surface area contributed by atoms with Gasteiger partial charge in [-0.1, -0.05) is 20.8 Å². The van der Waals surface area contributed by atoms with Crippen molar-refractivity contribution < 1.29 is 4.74 Å². The molecule has 2 nitrogen and oxygen atoms in total. The van der Waals surface area contributed by atoms with Crippen LogP contribution in [0, 0.1) is 17.8 Å². The third-order valence-electron chi connectivity index (χ3n) is 3.56. The first-order chi connectivity index (χ1) is 6.43. The summed E-state index contributed by atoms with van der Waals surface area (Å²) in [5.74, 6) is 1.81. The summed E-state index contributed by atoms with van der Waals surface area (Å²) in [5.41, 5.74) is 6.24. The third-order valence-corrected chi connectivity index (χ3v) is 3.56. The molecule has 1 aliphatic heterocycles. The molecule has 0 aliphatic carbocycles. The van der Waals surface area contributed by atoms with Gasteiger partial charge in [0, 0.05) is 12.0 Å². The zero-order chi connectivity index (χ0) is 10.9. The Bertz CT molecular complexity index is 181. The van der Waals surface area contributed by atoms with Crippen molar-refractivity contribution in [1.29, 1.82) is 0 Å². The lowest BCUT2D eigenvalue weighted by molar-refractivity contribution is 0.0483. The summed E-state index contributed by atoms with van der Waals surface area (Å²) in [7, 11) is 0. The first-order valence-electron chi connectivity index (χ1n) is 5.84. The molecule has 0 spiro atoms. The molecular formula is C12H25NO. The third kappa shape index (κ3) is 2.48. The predicted molar refractivity (Wildman–Crippen MR) is 60.1 cm³/mol. The molecule has 5 unspecified atom stereocenters. The Hall–Kier alpha value is -0.0800. The number of rotatable bonds is 3. The van der Waals surface area contributed by atoms with Gasteiger partial charge in [0.15, 0.2) is 0 Å². The van der Waals surface area contributed by atoms with Crippen LogP contribution in [0.1, 0.15) is 41.0 Å². The monoisotopic (exact) mass is 199 g/mol. The second-order valence-corrected chi connectivity index (χ2v) is 5.28. The van der Waals surface area contributed by atoms with Crippen LogP contribution in [-0.2, 0) is 4.74 Å². The molecule has 1 aliphatic rings. The Balaban J connectivity index is 2.57. The summed E-state index contributed by atoms with van der Waals surface area (Å²) in [6, 6.07) is 0.296. The fourth-order valence-electron chi connectivity index (χ4n) is 2.73. The van der Waals surface area contributed by atoms with Crippen molar-refractivity contribution in [2.24, 2.45) is 23.5 Å². The van der Waals surface area contributed by atoms with Gasteiger partial charge in [-0.3, -0.25) is 0 Å². The zero-order valence-corrected chi connectivity index (χ0v) is 10.2. The van der Waals surface area contributed by atoms with E-state index in [1.807, 2.05) is 0 Å². The van der Waals surface area contributed by atoms with Crippen molar-refractivity contribution in [2.75, 3.05) is 0 Å². The minimum atomic E-state index is 0.296. The minimum absolute atomic E-state index is 0.296. The van der Waals surface area contributed by atoms with E-state index in [4.69, 9.17) is 10.5 Å². The smallest absolute Gasteiger partial charge is 0.0597 e. The molecule has 14 heavy (non-hydrogen) atoms. The number of hydrogen-bond donors (Lipinski definition) is 1. The SMILES string of the molecule is CC(C)CC(N)C1C(C)OC(C)C1C. The molecule has 1 saturated heterocycles. The van der Waals surface area contributed by atoms with Crippen molar-refractivity contribution >= 4 is 0 Å². The average Bonchev–Trinajstić information content (AvgIpc) is 2.25. The van der Waals surface area contributed by atoms with Gasteiger partial charge in [0.2, 0.25) is 0 Å². The minimum Gasteiger partial charge on any atom is -0.375 e. The molecule has 0 aromatic carbocycles. The van der Waals surface area contributed by atoms with Gasteiger partial charge in [-0.05, 0) is 32.1 Å². The van der Waals surface area contributed by atoms with E-state index in [0.717, 1.165) is 6.42 Å². The molecule has 0 amide bonds. The molecule has 0 aromatic heterocycles. The zero-order valence-electron chi connectivity index (χ0n) is 10.2. The molecule has 84 valence electrons. The maximum Gasteiger partial charge on any atom is 0.0597 e. The molecule has 0 bridgehead atoms. The summed E-state index contributed by atoms with van der Waals surface area (Å²) < 4.78 is 5.81. The second-order valence-electron chi connectivity index (χ2n) is 5.28. The molecule has 1 heterocycles. The molecule has 0 aromatic rings. The van der Waals surface area contributed by atoms with Crippen LogP contribution in [0.5, 0.6) is 0 Å². The van der Waals surface area contributed by atoms with Gasteiger partial charge in [-0.2, -0.15) is 0 Å². The van der Waals surface area contributed by atoms with Gasteiger partial charge in [0.25, 0.3) is 0 Å². The van der Waals surface area contributed by atoms with Crippen LogP contribution in [0.2, 0.25) is 0 Å². The van der Waals surface area contributed by atoms with E-state index in [-0.39, 0.29) is 0 Å². The van der Waals surface area contributed by atoms with E-state index in [2.05, 4.69) is 34.6 Å². The maximum absolute atomic E-state index is 6.24. The molecule has 1 fully saturated rings. The van der Waals surface area contributed by atoms with Crippen molar-refractivity contribution in [3.8, 4) is 0 Å². The molecule has 2 heteroatoms. The average molecular weight is 199 g/mol. The van der Waals surface area contributed by atoms with Gasteiger partial charge >= 0.3 is 0 Å². The van der Waals surface area contributed by atoms with E-state index < -0.39 is 0 Å². The predicted octanol–water partition coefficient (Wildman–Crippen LogP) is 2.42. The molecule has 1 rings (SSSR count). The van der Waals surface area contributed by atoms with Crippen molar-refractivity contribution in [1.82, 2.24) is 0 Å². The number of hydrogen-bond acceptors (Lipinski definition) is 2. The Morgan fingerprint density at radius 1 is 1.14 bits per heavy atom. The fourth-order valence-corrected chi connectivity index (χ4v) is 2.73. The van der Waals surface area contributed by atoms with Crippen LogP contribution in [0.4, 0.5) is 0 Å². The molecule has 2 N–H and O–H groups in total. The first kappa shape index (κ1) is 12.0. The highest BCUT2D eigenvalue weighted by Crippen LogP contribution is 2.35. The van der Waals surface area contributed by atoms with Crippen LogP contribution in [0.25, 0.3) is 0 Å². The van der Waals surface area contributed by atoms with Crippen molar-refractivity contribution in [3.05, 3.63) is 0 Å². The summed E-state index contributed by atoms with van der Waals surface area (Å²) in [4.78, 5) is 0. The van der Waals surface area contributed by atoms with E-state index in [0.29, 0.717) is 36.0 Å². The largest absolute Gasteiger partial charge is 0.375 e. The van der Waals surface area contributed by atoms with E-state index >= 15 is 0 Å². The summed E-state index contributed by atoms with van der Waals surface area (Å²) >= 11 is 0. The van der Waals surface area contributed by atoms with Crippen molar-refractivity contribution in [3.63, 3.8) is 0 Å². The van der Waals surface area contributed by atoms with Crippen LogP contribution in [0.3, 0.4) is 0 Å². The van der Waals surface area contributed by atoms with Crippen molar-refractivity contribution in [2.45, 2.75) is 59.3 Å². The first-order valence-corrected chi connectivity index (χ1v) is 5.84. The lowest BCUT2D eigenvalue weighted by Gasteiger charge is -2.26. The Morgan fingerprint density at radius 2 is 1.71 bits per heavy atom. The standard InChI is InChI=1S/C12H25NO/c1-7(2)6-11(13)12-8(3)9(4)14-10(12)5/h7-12H,6,13H2,1-5H3. The second kappa shape index (κ2) is 4.63. The van der Waals surface area contributed by atoms with Crippen LogP contribution < -0.4 is 5.73 Å². The summed E-state index contributed by atoms with van der Waals surface area (Å²) in [6.07, 6.45) is 1.80. The topological polar surface area (TPSA) is 35.2 Å². The fraction of sp³-hybridized carbons (Fsp3) is 1.00. The van der Waals surface area contributed by atoms with E-state index in [9.17, 15) is 0 Å². The van der Waals surface area contributed by atoms with Crippen LogP contribution in [0.15, 0.2) is 0 Å². The molecule has 0 saturated carbocycles. The molecular weight excluding hydrogens is 174 g/mol. The molecule has 5 atom stereocenters. The van der Waals surface area contributed by atoms with Crippen LogP contribution >= 0.6 is 0 Å². The Labute approximate surface area is 88.2 Å². The quantitative estimate of drug-likeness (QED) is 0.757. The molecule has 0 radical (unpaired) electrons. The highest BCUT2D eigenvalue weighted by molar-refractivity contribution is 4.90. The maximum atomic E-state index is 6.24. The van der Waals surface area contributed by atoms with Gasteiger partial charge in [0.05, 0.1) is 12.2 Å². The Kier molecular flexibility index (Phi) is 3.96. The highest BCUT2D eigenvalue weighted by Gasteiger charge is 2.40. The number of nitrogens with two attached hydrogens (primary N) is 1. The lowest BCUT2D eigenvalue weighted by atomic mass is 9.81. The summed E-state index contributed by atoms with van der Waals surface area (Å²) in [6.45, 7) is 11.0. The normalized spacial score (nSPS) is 40.5. The highest BCUT2D eigenvalue weighted by atomic mass is 16.5. The Morgan fingerprint density at radius 3 is 2.07 bits per heavy atom. The van der Waals surface area contributed by atoms with Gasteiger partial charge in [-0.15, -0.1) is 0 Å². The van der Waals surface area contributed by atoms with Gasteiger partial charge < -0.3 is 10.5 Å².